The van der Waals surface area contributed by atoms with Crippen LogP contribution in [0.25, 0.3) is 0 Å². The molecule has 2 nitrogen and oxygen atoms in total. The van der Waals surface area contributed by atoms with E-state index in [-0.39, 0.29) is 0 Å². The lowest BCUT2D eigenvalue weighted by molar-refractivity contribution is 0.414. The summed E-state index contributed by atoms with van der Waals surface area (Å²) in [5.41, 5.74) is 1.22. The van der Waals surface area contributed by atoms with Gasteiger partial charge in [-0.15, -0.1) is 11.3 Å². The molecule has 3 heteroatoms. The molecule has 14 heavy (non-hydrogen) atoms. The van der Waals surface area contributed by atoms with Crippen molar-refractivity contribution in [3.63, 3.8) is 0 Å². The summed E-state index contributed by atoms with van der Waals surface area (Å²) < 4.78 is 5.15. The van der Waals surface area contributed by atoms with Gasteiger partial charge >= 0.3 is 0 Å². The summed E-state index contributed by atoms with van der Waals surface area (Å²) in [6.07, 6.45) is 3.67. The Morgan fingerprint density at radius 2 is 2.43 bits per heavy atom. The van der Waals surface area contributed by atoms with E-state index in [9.17, 15) is 0 Å². The Balaban J connectivity index is 2.17. The Morgan fingerprint density at radius 1 is 1.50 bits per heavy atom. The maximum absolute atomic E-state index is 5.15. The highest BCUT2D eigenvalue weighted by Gasteiger charge is 1.99. The van der Waals surface area contributed by atoms with Crippen LogP contribution in [0.1, 0.15) is 10.6 Å². The minimum Gasteiger partial charge on any atom is -0.497 e. The molecule has 0 aliphatic rings. The van der Waals surface area contributed by atoms with E-state index >= 15 is 0 Å². The second kappa shape index (κ2) is 4.24. The predicted octanol–water partition coefficient (Wildman–Crippen LogP) is 2.54. The number of nitrogens with zero attached hydrogens (tertiary/aromatic N) is 1. The first-order chi connectivity index (χ1) is 6.88. The van der Waals surface area contributed by atoms with Crippen molar-refractivity contribution in [2.75, 3.05) is 7.11 Å². The molecule has 0 N–H and O–H groups in total. The summed E-state index contributed by atoms with van der Waals surface area (Å²) in [6.45, 7) is 0. The number of ether oxygens (including phenoxy) is 1. The van der Waals surface area contributed by atoms with Crippen LogP contribution in [-0.2, 0) is 6.42 Å². The lowest BCUT2D eigenvalue weighted by atomic mass is 10.1. The molecule has 0 bridgehead atoms. The van der Waals surface area contributed by atoms with Crippen molar-refractivity contribution < 1.29 is 4.74 Å². The molecule has 1 aromatic carbocycles. The SMILES string of the molecule is COc1cccc(Cc2n[c]cs2)c1. The van der Waals surface area contributed by atoms with Crippen molar-refractivity contribution in [2.24, 2.45) is 0 Å². The first-order valence-electron chi connectivity index (χ1n) is 4.32. The van der Waals surface area contributed by atoms with Crippen molar-refractivity contribution in [3.8, 4) is 5.75 Å². The van der Waals surface area contributed by atoms with E-state index in [2.05, 4.69) is 17.2 Å². The van der Waals surface area contributed by atoms with Gasteiger partial charge in [-0.25, -0.2) is 4.98 Å². The van der Waals surface area contributed by atoms with Crippen molar-refractivity contribution in [1.82, 2.24) is 4.98 Å². The third-order valence-electron chi connectivity index (χ3n) is 1.93. The zero-order chi connectivity index (χ0) is 9.80. The minimum atomic E-state index is 0.853. The molecule has 2 rings (SSSR count). The third kappa shape index (κ3) is 2.12. The highest BCUT2D eigenvalue weighted by molar-refractivity contribution is 7.09. The van der Waals surface area contributed by atoms with Gasteiger partial charge < -0.3 is 4.74 Å². The number of rotatable bonds is 3. The van der Waals surface area contributed by atoms with E-state index < -0.39 is 0 Å². The summed E-state index contributed by atoms with van der Waals surface area (Å²) in [5, 5.41) is 2.95. The molecule has 2 aromatic rings. The van der Waals surface area contributed by atoms with E-state index in [4.69, 9.17) is 4.74 Å². The Bertz CT molecular complexity index is 397. The standard InChI is InChI=1S/C11H10NOS/c1-13-10-4-2-3-9(7-10)8-11-12-5-6-14-11/h2-4,6-7H,8H2,1H3. The van der Waals surface area contributed by atoms with Crippen LogP contribution in [0, 0.1) is 6.20 Å². The van der Waals surface area contributed by atoms with E-state index in [0.717, 1.165) is 17.2 Å². The quantitative estimate of drug-likeness (QED) is 0.766. The number of benzene rings is 1. The van der Waals surface area contributed by atoms with Gasteiger partial charge in [0.05, 0.1) is 12.1 Å². The van der Waals surface area contributed by atoms with Crippen LogP contribution in [0.5, 0.6) is 5.75 Å². The van der Waals surface area contributed by atoms with E-state index in [1.54, 1.807) is 18.4 Å². The molecule has 0 amide bonds. The van der Waals surface area contributed by atoms with Crippen molar-refractivity contribution >= 4 is 11.3 Å². The van der Waals surface area contributed by atoms with Crippen LogP contribution in [0.4, 0.5) is 0 Å². The molecule has 0 aliphatic heterocycles. The summed E-state index contributed by atoms with van der Waals surface area (Å²) in [4.78, 5) is 4.12. The smallest absolute Gasteiger partial charge is 0.119 e. The molecule has 1 radical (unpaired) electrons. The van der Waals surface area contributed by atoms with Gasteiger partial charge in [-0.3, -0.25) is 0 Å². The van der Waals surface area contributed by atoms with Crippen LogP contribution < -0.4 is 4.74 Å². The van der Waals surface area contributed by atoms with Crippen molar-refractivity contribution in [3.05, 3.63) is 46.4 Å². The second-order valence-electron chi connectivity index (χ2n) is 2.90. The molecule has 0 spiro atoms. The zero-order valence-corrected chi connectivity index (χ0v) is 8.67. The van der Waals surface area contributed by atoms with Gasteiger partial charge in [0, 0.05) is 11.8 Å². The molecule has 0 aliphatic carbocycles. The Labute approximate surface area is 87.2 Å². The number of aromatic nitrogens is 1. The van der Waals surface area contributed by atoms with Gasteiger partial charge in [-0.05, 0) is 17.7 Å². The fourth-order valence-electron chi connectivity index (χ4n) is 1.26. The maximum atomic E-state index is 5.15. The Hall–Kier alpha value is -1.35. The molecule has 0 saturated carbocycles. The molecular weight excluding hydrogens is 194 g/mol. The van der Waals surface area contributed by atoms with Crippen molar-refractivity contribution in [2.45, 2.75) is 6.42 Å². The van der Waals surface area contributed by atoms with Gasteiger partial charge in [-0.2, -0.15) is 0 Å². The molecule has 0 atom stereocenters. The van der Waals surface area contributed by atoms with Gasteiger partial charge in [-0.1, -0.05) is 12.1 Å². The van der Waals surface area contributed by atoms with Gasteiger partial charge in [0.15, 0.2) is 0 Å². The number of hydrogen-bond acceptors (Lipinski definition) is 3. The van der Waals surface area contributed by atoms with Crippen LogP contribution >= 0.6 is 11.3 Å². The predicted molar refractivity (Wildman–Crippen MR) is 56.8 cm³/mol. The van der Waals surface area contributed by atoms with Crippen LogP contribution in [0.2, 0.25) is 0 Å². The highest BCUT2D eigenvalue weighted by atomic mass is 32.1. The summed E-state index contributed by atoms with van der Waals surface area (Å²) in [5.74, 6) is 0.892. The molecule has 0 saturated heterocycles. The molecule has 71 valence electrons. The zero-order valence-electron chi connectivity index (χ0n) is 7.86. The Morgan fingerprint density at radius 3 is 3.14 bits per heavy atom. The maximum Gasteiger partial charge on any atom is 0.119 e. The lowest BCUT2D eigenvalue weighted by Gasteiger charge is -2.02. The average molecular weight is 204 g/mol. The number of thiazole rings is 1. The Kier molecular flexibility index (Phi) is 2.79. The fraction of sp³-hybridized carbons (Fsp3) is 0.182. The lowest BCUT2D eigenvalue weighted by Crippen LogP contribution is -1.88. The summed E-state index contributed by atoms with van der Waals surface area (Å²) in [6, 6.07) is 8.04. The summed E-state index contributed by atoms with van der Waals surface area (Å²) in [7, 11) is 1.68. The largest absolute Gasteiger partial charge is 0.497 e. The number of hydrogen-bond donors (Lipinski definition) is 0. The summed E-state index contributed by atoms with van der Waals surface area (Å²) >= 11 is 1.62. The normalized spacial score (nSPS) is 10.1. The van der Waals surface area contributed by atoms with Gasteiger partial charge in [0.1, 0.15) is 11.9 Å². The first-order valence-corrected chi connectivity index (χ1v) is 5.20. The topological polar surface area (TPSA) is 22.1 Å². The van der Waals surface area contributed by atoms with E-state index in [1.807, 2.05) is 23.6 Å². The minimum absolute atomic E-state index is 0.853. The van der Waals surface area contributed by atoms with Crippen LogP contribution in [0.15, 0.2) is 29.6 Å². The molecule has 1 aromatic heterocycles. The first kappa shape index (κ1) is 9.21. The third-order valence-corrected chi connectivity index (χ3v) is 2.66. The monoisotopic (exact) mass is 204 g/mol. The molecule has 0 unspecified atom stereocenters. The molecular formula is C11H10NOS. The highest BCUT2D eigenvalue weighted by Crippen LogP contribution is 2.16. The average Bonchev–Trinajstić information content (AvgIpc) is 2.71. The van der Waals surface area contributed by atoms with Gasteiger partial charge in [0.25, 0.3) is 0 Å². The van der Waals surface area contributed by atoms with E-state index in [0.29, 0.717) is 0 Å². The molecule has 1 heterocycles. The number of methoxy groups -OCH3 is 1. The van der Waals surface area contributed by atoms with Crippen LogP contribution in [-0.4, -0.2) is 12.1 Å². The van der Waals surface area contributed by atoms with Crippen molar-refractivity contribution in [1.29, 1.82) is 0 Å². The fourth-order valence-corrected chi connectivity index (χ4v) is 1.85. The van der Waals surface area contributed by atoms with E-state index in [1.165, 1.54) is 5.56 Å². The van der Waals surface area contributed by atoms with Crippen LogP contribution in [0.3, 0.4) is 0 Å². The van der Waals surface area contributed by atoms with Gasteiger partial charge in [0.2, 0.25) is 0 Å². The second-order valence-corrected chi connectivity index (χ2v) is 3.84. The molecule has 0 fully saturated rings.